The van der Waals surface area contributed by atoms with Crippen LogP contribution in [0.15, 0.2) is 64.2 Å². The molecule has 0 amide bonds. The minimum Gasteiger partial charge on any atom is -0.207 e. The van der Waals surface area contributed by atoms with Crippen molar-refractivity contribution in [3.05, 3.63) is 74.9 Å². The molecule has 0 saturated carbocycles. The Bertz CT molecular complexity index is 954. The lowest BCUT2D eigenvalue weighted by Crippen LogP contribution is -2.23. The molecule has 1 aromatic heterocycles. The van der Waals surface area contributed by atoms with Crippen LogP contribution < -0.4 is 4.72 Å². The van der Waals surface area contributed by atoms with Crippen LogP contribution in [0.2, 0.25) is 10.0 Å². The molecule has 7 heteroatoms. The average Bonchev–Trinajstić information content (AvgIpc) is 3.10. The summed E-state index contributed by atoms with van der Waals surface area (Å²) in [4.78, 5) is -0.0234. The van der Waals surface area contributed by atoms with Gasteiger partial charge in [-0.15, -0.1) is 0 Å². The van der Waals surface area contributed by atoms with E-state index < -0.39 is 10.0 Å². The van der Waals surface area contributed by atoms with Crippen LogP contribution >= 0.6 is 34.5 Å². The molecule has 1 N–H and O–H groups in total. The minimum absolute atomic E-state index is 0.0234. The summed E-state index contributed by atoms with van der Waals surface area (Å²) in [5, 5.41) is 4.47. The van der Waals surface area contributed by atoms with E-state index in [4.69, 9.17) is 23.2 Å². The number of nitrogens with one attached hydrogen (secondary N) is 1. The van der Waals surface area contributed by atoms with Gasteiger partial charge in [0.05, 0.1) is 5.02 Å². The molecule has 0 spiro atoms. The Morgan fingerprint density at radius 3 is 2.58 bits per heavy atom. The lowest BCUT2D eigenvalue weighted by molar-refractivity contribution is 0.581. The summed E-state index contributed by atoms with van der Waals surface area (Å²) in [6.07, 6.45) is 0. The van der Waals surface area contributed by atoms with Crippen molar-refractivity contribution in [3.63, 3.8) is 0 Å². The highest BCUT2D eigenvalue weighted by atomic mass is 35.5. The molecule has 3 nitrogen and oxygen atoms in total. The van der Waals surface area contributed by atoms with Crippen LogP contribution in [-0.4, -0.2) is 8.42 Å². The van der Waals surface area contributed by atoms with Crippen LogP contribution in [0.4, 0.5) is 0 Å². The number of halogens is 2. The van der Waals surface area contributed by atoms with Gasteiger partial charge in [-0.05, 0) is 51.7 Å². The summed E-state index contributed by atoms with van der Waals surface area (Å²) in [7, 11) is -3.76. The Hall–Kier alpha value is -1.37. The third kappa shape index (κ3) is 3.82. The number of hydrogen-bond acceptors (Lipinski definition) is 3. The zero-order valence-electron chi connectivity index (χ0n) is 12.4. The van der Waals surface area contributed by atoms with E-state index in [1.165, 1.54) is 12.1 Å². The van der Waals surface area contributed by atoms with Crippen LogP contribution in [0.1, 0.15) is 5.56 Å². The molecule has 3 rings (SSSR count). The molecule has 0 aliphatic carbocycles. The summed E-state index contributed by atoms with van der Waals surface area (Å²) in [5.74, 6) is 0. The quantitative estimate of drug-likeness (QED) is 0.642. The molecule has 0 bridgehead atoms. The number of rotatable bonds is 5. The molecule has 0 aliphatic heterocycles. The van der Waals surface area contributed by atoms with Gasteiger partial charge < -0.3 is 0 Å². The van der Waals surface area contributed by atoms with Crippen molar-refractivity contribution in [2.75, 3.05) is 0 Å². The predicted molar refractivity (Wildman–Crippen MR) is 100 cm³/mol. The number of hydrogen-bond donors (Lipinski definition) is 1. The first-order chi connectivity index (χ1) is 11.5. The van der Waals surface area contributed by atoms with E-state index in [0.29, 0.717) is 5.02 Å². The van der Waals surface area contributed by atoms with Crippen LogP contribution in [0.25, 0.3) is 11.1 Å². The zero-order chi connectivity index (χ0) is 17.2. The van der Waals surface area contributed by atoms with Gasteiger partial charge in [-0.2, -0.15) is 11.3 Å². The lowest BCUT2D eigenvalue weighted by atomic mass is 10.0. The fraction of sp³-hybridized carbons (Fsp3) is 0.0588. The molecule has 0 saturated heterocycles. The van der Waals surface area contributed by atoms with Gasteiger partial charge >= 0.3 is 0 Å². The smallest absolute Gasteiger partial charge is 0.207 e. The molecular formula is C17H13Cl2NO2S2. The lowest BCUT2D eigenvalue weighted by Gasteiger charge is -2.11. The van der Waals surface area contributed by atoms with Crippen molar-refractivity contribution in [1.82, 2.24) is 4.72 Å². The Kier molecular flexibility index (Phi) is 5.27. The number of thiophene rings is 1. The third-order valence-corrected chi connectivity index (χ3v) is 6.29. The molecule has 3 aromatic rings. The van der Waals surface area contributed by atoms with Crippen LogP contribution in [0.5, 0.6) is 0 Å². The maximum Gasteiger partial charge on any atom is 0.242 e. The van der Waals surface area contributed by atoms with E-state index in [1.54, 1.807) is 17.4 Å². The maximum atomic E-state index is 12.5. The van der Waals surface area contributed by atoms with Gasteiger partial charge in [0.1, 0.15) is 4.90 Å². The minimum atomic E-state index is -3.76. The normalized spacial score (nSPS) is 11.6. The summed E-state index contributed by atoms with van der Waals surface area (Å²) in [5.41, 5.74) is 2.95. The SMILES string of the molecule is O=S(=O)(NCc1ccccc1-c1ccsc1)c1cc(Cl)ccc1Cl. The molecule has 1 heterocycles. The van der Waals surface area contributed by atoms with Gasteiger partial charge in [0, 0.05) is 11.6 Å². The van der Waals surface area contributed by atoms with Crippen LogP contribution in [0, 0.1) is 0 Å². The second-order valence-corrected chi connectivity index (χ2v) is 8.43. The fourth-order valence-electron chi connectivity index (χ4n) is 2.31. The first-order valence-electron chi connectivity index (χ1n) is 7.02. The molecule has 2 aromatic carbocycles. The van der Waals surface area contributed by atoms with E-state index in [2.05, 4.69) is 4.72 Å². The largest absolute Gasteiger partial charge is 0.242 e. The summed E-state index contributed by atoms with van der Waals surface area (Å²) < 4.78 is 27.6. The molecule has 124 valence electrons. The van der Waals surface area contributed by atoms with Crippen molar-refractivity contribution in [2.45, 2.75) is 11.4 Å². The first kappa shape index (κ1) is 17.5. The molecule has 0 radical (unpaired) electrons. The zero-order valence-corrected chi connectivity index (χ0v) is 15.5. The van der Waals surface area contributed by atoms with Crippen LogP contribution in [0.3, 0.4) is 0 Å². The number of sulfonamides is 1. The summed E-state index contributed by atoms with van der Waals surface area (Å²) >= 11 is 13.5. The third-order valence-electron chi connectivity index (χ3n) is 3.48. The van der Waals surface area contributed by atoms with E-state index in [-0.39, 0.29) is 16.5 Å². The van der Waals surface area contributed by atoms with Crippen molar-refractivity contribution in [2.24, 2.45) is 0 Å². The van der Waals surface area contributed by atoms with Gasteiger partial charge in [0.2, 0.25) is 10.0 Å². The Balaban J connectivity index is 1.87. The Morgan fingerprint density at radius 1 is 1.04 bits per heavy atom. The standard InChI is InChI=1S/C17H13Cl2NO2S2/c18-14-5-6-16(19)17(9-14)24(21,22)20-10-12-3-1-2-4-15(12)13-7-8-23-11-13/h1-9,11,20H,10H2. The number of benzene rings is 2. The van der Waals surface area contributed by atoms with Crippen LogP contribution in [-0.2, 0) is 16.6 Å². The molecule has 0 unspecified atom stereocenters. The highest BCUT2D eigenvalue weighted by Crippen LogP contribution is 2.27. The van der Waals surface area contributed by atoms with E-state index in [1.807, 2.05) is 41.1 Å². The van der Waals surface area contributed by atoms with E-state index in [0.717, 1.165) is 16.7 Å². The molecule has 0 atom stereocenters. The van der Waals surface area contributed by atoms with Gasteiger partial charge in [0.15, 0.2) is 0 Å². The van der Waals surface area contributed by atoms with Gasteiger partial charge in [-0.25, -0.2) is 13.1 Å². The average molecular weight is 398 g/mol. The first-order valence-corrected chi connectivity index (χ1v) is 10.2. The highest BCUT2D eigenvalue weighted by Gasteiger charge is 2.19. The highest BCUT2D eigenvalue weighted by molar-refractivity contribution is 7.89. The fourth-order valence-corrected chi connectivity index (χ4v) is 4.73. The molecule has 0 aliphatic rings. The second-order valence-electron chi connectivity index (χ2n) is 5.07. The molecular weight excluding hydrogens is 385 g/mol. The van der Waals surface area contributed by atoms with Gasteiger partial charge in [-0.3, -0.25) is 0 Å². The maximum absolute atomic E-state index is 12.5. The van der Waals surface area contributed by atoms with Crippen molar-refractivity contribution >= 4 is 44.6 Å². The summed E-state index contributed by atoms with van der Waals surface area (Å²) in [6, 6.07) is 14.0. The van der Waals surface area contributed by atoms with E-state index >= 15 is 0 Å². The van der Waals surface area contributed by atoms with Gasteiger partial charge in [0.25, 0.3) is 0 Å². The monoisotopic (exact) mass is 397 g/mol. The van der Waals surface area contributed by atoms with Crippen molar-refractivity contribution in [1.29, 1.82) is 0 Å². The topological polar surface area (TPSA) is 46.2 Å². The molecule has 24 heavy (non-hydrogen) atoms. The van der Waals surface area contributed by atoms with E-state index in [9.17, 15) is 8.42 Å². The summed E-state index contributed by atoms with van der Waals surface area (Å²) in [6.45, 7) is 0.164. The Morgan fingerprint density at radius 2 is 1.83 bits per heavy atom. The van der Waals surface area contributed by atoms with Gasteiger partial charge in [-0.1, -0.05) is 47.5 Å². The Labute approximate surface area is 154 Å². The molecule has 0 fully saturated rings. The van der Waals surface area contributed by atoms with Crippen molar-refractivity contribution < 1.29 is 8.42 Å². The predicted octanol–water partition coefficient (Wildman–Crippen LogP) is 5.20. The van der Waals surface area contributed by atoms with Crippen molar-refractivity contribution in [3.8, 4) is 11.1 Å². The second kappa shape index (κ2) is 7.25.